The number of nitrogens with one attached hydrogen (secondary N) is 1. The molecule has 0 spiro atoms. The van der Waals surface area contributed by atoms with Crippen molar-refractivity contribution in [2.75, 3.05) is 68.1 Å². The molecule has 2 saturated heterocycles. The lowest BCUT2D eigenvalue weighted by Crippen LogP contribution is -2.45. The van der Waals surface area contributed by atoms with Gasteiger partial charge in [-0.1, -0.05) is 0 Å². The van der Waals surface area contributed by atoms with Crippen molar-refractivity contribution in [2.24, 2.45) is 0 Å². The minimum atomic E-state index is -0.454. The lowest BCUT2D eigenvalue weighted by Gasteiger charge is -2.35. The van der Waals surface area contributed by atoms with Crippen LogP contribution in [0.15, 0.2) is 24.7 Å². The van der Waals surface area contributed by atoms with Crippen molar-refractivity contribution in [3.63, 3.8) is 0 Å². The Morgan fingerprint density at radius 2 is 1.97 bits per heavy atom. The SMILES string of the molecule is [C-]#[N+]c1cc(F)c(N(C)[C@@H]2CCN(c3ncnc4[nH]ccc34)C2)nc1N1CCN(C)CC1. The number of fused-ring (bicyclic) bond motifs is 1. The van der Waals surface area contributed by atoms with E-state index in [2.05, 4.69) is 46.5 Å². The van der Waals surface area contributed by atoms with E-state index in [9.17, 15) is 0 Å². The molecule has 9 nitrogen and oxygen atoms in total. The van der Waals surface area contributed by atoms with Crippen molar-refractivity contribution < 1.29 is 4.39 Å². The molecule has 0 aromatic carbocycles. The van der Waals surface area contributed by atoms with Crippen LogP contribution < -0.4 is 14.7 Å². The van der Waals surface area contributed by atoms with Crippen LogP contribution in [0.5, 0.6) is 0 Å². The summed E-state index contributed by atoms with van der Waals surface area (Å²) in [7, 11) is 3.96. The number of aromatic amines is 1. The molecule has 0 saturated carbocycles. The quantitative estimate of drug-likeness (QED) is 0.632. The van der Waals surface area contributed by atoms with E-state index in [4.69, 9.17) is 6.57 Å². The number of hydrogen-bond acceptors (Lipinski definition) is 7. The first-order chi connectivity index (χ1) is 15.5. The van der Waals surface area contributed by atoms with Crippen molar-refractivity contribution in [1.82, 2.24) is 24.8 Å². The minimum Gasteiger partial charge on any atom is -0.363 e. The first-order valence-corrected chi connectivity index (χ1v) is 10.8. The van der Waals surface area contributed by atoms with E-state index < -0.39 is 5.82 Å². The summed E-state index contributed by atoms with van der Waals surface area (Å²) in [6.45, 7) is 12.4. The molecule has 166 valence electrons. The largest absolute Gasteiger partial charge is 0.363 e. The van der Waals surface area contributed by atoms with E-state index in [-0.39, 0.29) is 11.7 Å². The predicted molar refractivity (Wildman–Crippen MR) is 123 cm³/mol. The van der Waals surface area contributed by atoms with E-state index in [1.54, 1.807) is 6.33 Å². The Morgan fingerprint density at radius 3 is 2.75 bits per heavy atom. The average Bonchev–Trinajstić information content (AvgIpc) is 3.49. The number of aromatic nitrogens is 4. The summed E-state index contributed by atoms with van der Waals surface area (Å²) in [6, 6.07) is 3.40. The number of hydrogen-bond donors (Lipinski definition) is 1. The number of anilines is 3. The van der Waals surface area contributed by atoms with Gasteiger partial charge in [0.25, 0.3) is 0 Å². The third-order valence-electron chi connectivity index (χ3n) is 6.52. The Morgan fingerprint density at radius 1 is 1.16 bits per heavy atom. The van der Waals surface area contributed by atoms with Gasteiger partial charge in [-0.2, -0.15) is 0 Å². The summed E-state index contributed by atoms with van der Waals surface area (Å²) < 4.78 is 15.0. The molecule has 0 unspecified atom stereocenters. The van der Waals surface area contributed by atoms with Gasteiger partial charge in [0.1, 0.15) is 23.6 Å². The molecule has 2 fully saturated rings. The van der Waals surface area contributed by atoms with Crippen LogP contribution in [0.2, 0.25) is 0 Å². The zero-order valence-corrected chi connectivity index (χ0v) is 18.3. The van der Waals surface area contributed by atoms with Crippen LogP contribution in [-0.2, 0) is 0 Å². The molecule has 5 rings (SSSR count). The highest BCUT2D eigenvalue weighted by molar-refractivity contribution is 5.87. The van der Waals surface area contributed by atoms with E-state index >= 15 is 4.39 Å². The molecule has 0 aliphatic carbocycles. The zero-order valence-electron chi connectivity index (χ0n) is 18.3. The molecule has 5 heterocycles. The molecule has 0 radical (unpaired) electrons. The normalized spacial score (nSPS) is 19.5. The maximum absolute atomic E-state index is 15.0. The smallest absolute Gasteiger partial charge is 0.231 e. The molecule has 1 atom stereocenters. The van der Waals surface area contributed by atoms with E-state index in [1.807, 2.05) is 24.2 Å². The molecule has 0 bridgehead atoms. The van der Waals surface area contributed by atoms with Crippen molar-refractivity contribution in [3.8, 4) is 0 Å². The van der Waals surface area contributed by atoms with E-state index in [0.717, 1.165) is 56.0 Å². The number of piperazine rings is 1. The molecule has 1 N–H and O–H groups in total. The van der Waals surface area contributed by atoms with Crippen molar-refractivity contribution in [1.29, 1.82) is 0 Å². The first kappa shape index (κ1) is 20.5. The van der Waals surface area contributed by atoms with Gasteiger partial charge in [0, 0.05) is 58.6 Å². The maximum atomic E-state index is 15.0. The van der Waals surface area contributed by atoms with Gasteiger partial charge in [-0.15, -0.1) is 0 Å². The second-order valence-corrected chi connectivity index (χ2v) is 8.48. The van der Waals surface area contributed by atoms with Gasteiger partial charge in [0.2, 0.25) is 5.69 Å². The first-order valence-electron chi connectivity index (χ1n) is 10.8. The number of H-pyrrole nitrogens is 1. The van der Waals surface area contributed by atoms with Crippen molar-refractivity contribution in [2.45, 2.75) is 12.5 Å². The number of rotatable bonds is 4. The number of pyridine rings is 1. The molecular formula is C22H26FN9. The Bertz CT molecular complexity index is 1160. The van der Waals surface area contributed by atoms with E-state index in [1.165, 1.54) is 6.07 Å². The van der Waals surface area contributed by atoms with Gasteiger partial charge in [-0.3, -0.25) is 0 Å². The van der Waals surface area contributed by atoms with Crippen LogP contribution in [0.4, 0.5) is 27.5 Å². The Kier molecular flexibility index (Phi) is 5.27. The highest BCUT2D eigenvalue weighted by atomic mass is 19.1. The number of nitrogens with zero attached hydrogens (tertiary/aromatic N) is 8. The van der Waals surface area contributed by atoms with Crippen LogP contribution in [0.3, 0.4) is 0 Å². The Labute approximate surface area is 186 Å². The molecule has 0 amide bonds. The Balaban J connectivity index is 1.39. The van der Waals surface area contributed by atoms with Crippen LogP contribution in [0.25, 0.3) is 15.9 Å². The third-order valence-corrected chi connectivity index (χ3v) is 6.52. The molecule has 2 aliphatic rings. The fourth-order valence-corrected chi connectivity index (χ4v) is 4.57. The van der Waals surface area contributed by atoms with Gasteiger partial charge >= 0.3 is 0 Å². The molecule has 2 aliphatic heterocycles. The maximum Gasteiger partial charge on any atom is 0.231 e. The van der Waals surface area contributed by atoms with Crippen LogP contribution >= 0.6 is 0 Å². The van der Waals surface area contributed by atoms with Gasteiger partial charge in [0.05, 0.1) is 12.0 Å². The van der Waals surface area contributed by atoms with Gasteiger partial charge in [-0.25, -0.2) is 24.2 Å². The summed E-state index contributed by atoms with van der Waals surface area (Å²) in [5.41, 5.74) is 1.08. The molecular weight excluding hydrogens is 409 g/mol. The molecule has 3 aromatic heterocycles. The molecule has 10 heteroatoms. The standard InChI is InChI=1S/C22H26FN9/c1-24-18-12-17(23)21(28-22(18)31-10-8-29(2)9-11-31)30(3)15-5-7-32(13-15)20-16-4-6-25-19(16)26-14-27-20/h4,6,12,14-15H,5,7-11,13H2,2-3H3,(H,25,26,27)/t15-/m1/s1. The second kappa shape index (κ2) is 8.24. The van der Waals surface area contributed by atoms with Crippen LogP contribution in [0.1, 0.15) is 6.42 Å². The highest BCUT2D eigenvalue weighted by Gasteiger charge is 2.31. The summed E-state index contributed by atoms with van der Waals surface area (Å²) in [5, 5.41) is 0.985. The number of halogens is 1. The highest BCUT2D eigenvalue weighted by Crippen LogP contribution is 2.34. The summed E-state index contributed by atoms with van der Waals surface area (Å²) in [5.74, 6) is 1.32. The monoisotopic (exact) mass is 435 g/mol. The second-order valence-electron chi connectivity index (χ2n) is 8.48. The minimum absolute atomic E-state index is 0.0834. The topological polar surface area (TPSA) is 71.8 Å². The van der Waals surface area contributed by atoms with Crippen molar-refractivity contribution >= 4 is 34.2 Å². The lowest BCUT2D eigenvalue weighted by atomic mass is 10.2. The average molecular weight is 436 g/mol. The van der Waals surface area contributed by atoms with Gasteiger partial charge in [0.15, 0.2) is 11.6 Å². The van der Waals surface area contributed by atoms with Gasteiger partial charge < -0.3 is 24.6 Å². The Hall–Kier alpha value is -3.45. The van der Waals surface area contributed by atoms with Crippen molar-refractivity contribution in [3.05, 3.63) is 41.9 Å². The lowest BCUT2D eigenvalue weighted by molar-refractivity contribution is 0.312. The van der Waals surface area contributed by atoms with Crippen LogP contribution in [0, 0.1) is 12.4 Å². The summed E-state index contributed by atoms with van der Waals surface area (Å²) in [6.07, 6.45) is 4.29. The third kappa shape index (κ3) is 3.58. The van der Waals surface area contributed by atoms with Gasteiger partial charge in [-0.05, 0) is 25.6 Å². The van der Waals surface area contributed by atoms with Crippen LogP contribution in [-0.4, -0.2) is 84.2 Å². The summed E-state index contributed by atoms with van der Waals surface area (Å²) in [4.78, 5) is 28.6. The fourth-order valence-electron chi connectivity index (χ4n) is 4.57. The fraction of sp³-hybridized carbons (Fsp3) is 0.455. The summed E-state index contributed by atoms with van der Waals surface area (Å²) >= 11 is 0. The number of likely N-dealkylation sites (N-methyl/N-ethyl adjacent to an activating group) is 2. The molecule has 3 aromatic rings. The van der Waals surface area contributed by atoms with E-state index in [0.29, 0.717) is 18.2 Å². The molecule has 32 heavy (non-hydrogen) atoms. The predicted octanol–water partition coefficient (Wildman–Crippen LogP) is 2.51. The zero-order chi connectivity index (χ0) is 22.2.